The third-order valence-electron chi connectivity index (χ3n) is 3.50. The first-order valence-corrected chi connectivity index (χ1v) is 6.34. The number of hydrogen-bond donors (Lipinski definition) is 1. The Bertz CT molecular complexity index is 329. The highest BCUT2D eigenvalue weighted by Crippen LogP contribution is 2.23. The van der Waals surface area contributed by atoms with Gasteiger partial charge in [0.2, 0.25) is 0 Å². The Morgan fingerprint density at radius 1 is 1.12 bits per heavy atom. The van der Waals surface area contributed by atoms with E-state index in [2.05, 4.69) is 48.8 Å². The van der Waals surface area contributed by atoms with Crippen molar-refractivity contribution < 1.29 is 0 Å². The van der Waals surface area contributed by atoms with Gasteiger partial charge in [-0.05, 0) is 36.6 Å². The average molecular weight is 215 g/mol. The fourth-order valence-electron chi connectivity index (χ4n) is 2.40. The molecule has 2 atom stereocenters. The fourth-order valence-corrected chi connectivity index (χ4v) is 2.40. The summed E-state index contributed by atoms with van der Waals surface area (Å²) >= 11 is 0. The summed E-state index contributed by atoms with van der Waals surface area (Å²) in [6.45, 7) is 2.35. The van der Waals surface area contributed by atoms with E-state index in [1.165, 1.54) is 31.2 Å². The van der Waals surface area contributed by atoms with Gasteiger partial charge in [-0.3, -0.25) is 0 Å². The lowest BCUT2D eigenvalue weighted by Crippen LogP contribution is -2.33. The van der Waals surface area contributed by atoms with Crippen molar-refractivity contribution in [2.75, 3.05) is 0 Å². The van der Waals surface area contributed by atoms with Crippen molar-refractivity contribution >= 4 is 6.08 Å². The van der Waals surface area contributed by atoms with Crippen molar-refractivity contribution in [3.8, 4) is 0 Å². The van der Waals surface area contributed by atoms with Crippen LogP contribution >= 0.6 is 0 Å². The maximum Gasteiger partial charge on any atom is 0.0281 e. The first-order valence-electron chi connectivity index (χ1n) is 6.34. The van der Waals surface area contributed by atoms with Gasteiger partial charge in [0.05, 0.1) is 0 Å². The zero-order valence-electron chi connectivity index (χ0n) is 10.0. The van der Waals surface area contributed by atoms with Crippen LogP contribution in [0, 0.1) is 5.92 Å². The van der Waals surface area contributed by atoms with Gasteiger partial charge >= 0.3 is 0 Å². The molecular weight excluding hydrogens is 194 g/mol. The normalized spacial score (nSPS) is 25.8. The van der Waals surface area contributed by atoms with Crippen molar-refractivity contribution in [3.05, 3.63) is 42.1 Å². The van der Waals surface area contributed by atoms with E-state index in [9.17, 15) is 0 Å². The quantitative estimate of drug-likeness (QED) is 0.808. The predicted octanol–water partition coefficient (Wildman–Crippen LogP) is 3.83. The third kappa shape index (κ3) is 3.13. The van der Waals surface area contributed by atoms with Gasteiger partial charge in [-0.2, -0.15) is 0 Å². The molecule has 1 fully saturated rings. The van der Waals surface area contributed by atoms with Gasteiger partial charge < -0.3 is 5.32 Å². The standard InChI is InChI=1S/C15H21N/c1-13-7-5-6-10-15(13)16-12-11-14-8-3-2-4-9-14/h2-4,8-9,11-13,15-16H,5-7,10H2,1H3/t13-,15-/m1/s1. The molecule has 1 saturated carbocycles. The Morgan fingerprint density at radius 2 is 1.88 bits per heavy atom. The summed E-state index contributed by atoms with van der Waals surface area (Å²) in [5.74, 6) is 0.814. The SMILES string of the molecule is C[C@@H]1CCCC[C@H]1NC=Cc1ccccc1. The van der Waals surface area contributed by atoms with E-state index in [0.29, 0.717) is 6.04 Å². The lowest BCUT2D eigenvalue weighted by atomic mass is 9.86. The topological polar surface area (TPSA) is 12.0 Å². The first kappa shape index (κ1) is 11.3. The van der Waals surface area contributed by atoms with Crippen molar-refractivity contribution in [2.24, 2.45) is 5.92 Å². The molecule has 1 aliphatic carbocycles. The van der Waals surface area contributed by atoms with E-state index < -0.39 is 0 Å². The van der Waals surface area contributed by atoms with Crippen LogP contribution in [0.3, 0.4) is 0 Å². The summed E-state index contributed by atoms with van der Waals surface area (Å²) in [6, 6.07) is 11.1. The van der Waals surface area contributed by atoms with Gasteiger partial charge in [0, 0.05) is 6.04 Å². The largest absolute Gasteiger partial charge is 0.388 e. The predicted molar refractivity (Wildman–Crippen MR) is 70.0 cm³/mol. The van der Waals surface area contributed by atoms with E-state index >= 15 is 0 Å². The molecule has 1 nitrogen and oxygen atoms in total. The number of nitrogens with one attached hydrogen (secondary N) is 1. The van der Waals surface area contributed by atoms with E-state index in [1.807, 2.05) is 6.07 Å². The minimum atomic E-state index is 0.675. The Hall–Kier alpha value is -1.24. The molecule has 0 aromatic heterocycles. The molecule has 0 spiro atoms. The second-order valence-corrected chi connectivity index (χ2v) is 4.78. The molecule has 0 heterocycles. The lowest BCUT2D eigenvalue weighted by Gasteiger charge is -2.28. The zero-order chi connectivity index (χ0) is 11.2. The zero-order valence-corrected chi connectivity index (χ0v) is 10.0. The minimum Gasteiger partial charge on any atom is -0.388 e. The summed E-state index contributed by atoms with van der Waals surface area (Å²) < 4.78 is 0. The molecule has 0 radical (unpaired) electrons. The average Bonchev–Trinajstić information content (AvgIpc) is 2.33. The summed E-state index contributed by atoms with van der Waals surface area (Å²) in [6.07, 6.45) is 9.74. The molecule has 86 valence electrons. The molecule has 0 aliphatic heterocycles. The molecule has 0 amide bonds. The van der Waals surface area contributed by atoms with Crippen LogP contribution < -0.4 is 5.32 Å². The van der Waals surface area contributed by atoms with Crippen molar-refractivity contribution in [2.45, 2.75) is 38.6 Å². The maximum absolute atomic E-state index is 3.54. The summed E-state index contributed by atoms with van der Waals surface area (Å²) in [7, 11) is 0. The fraction of sp³-hybridized carbons (Fsp3) is 0.467. The summed E-state index contributed by atoms with van der Waals surface area (Å²) in [5.41, 5.74) is 1.26. The van der Waals surface area contributed by atoms with Gasteiger partial charge in [-0.15, -0.1) is 0 Å². The molecule has 0 unspecified atom stereocenters. The Morgan fingerprint density at radius 3 is 2.62 bits per heavy atom. The molecule has 1 N–H and O–H groups in total. The molecule has 16 heavy (non-hydrogen) atoms. The van der Waals surface area contributed by atoms with Crippen molar-refractivity contribution in [3.63, 3.8) is 0 Å². The van der Waals surface area contributed by atoms with Crippen LogP contribution in [0.4, 0.5) is 0 Å². The summed E-state index contributed by atoms with van der Waals surface area (Å²) in [4.78, 5) is 0. The highest BCUT2D eigenvalue weighted by Gasteiger charge is 2.19. The number of benzene rings is 1. The Kier molecular flexibility index (Phi) is 4.03. The van der Waals surface area contributed by atoms with Gasteiger partial charge in [0.25, 0.3) is 0 Å². The molecule has 1 aromatic rings. The molecule has 1 heteroatoms. The van der Waals surface area contributed by atoms with Crippen LogP contribution in [0.25, 0.3) is 6.08 Å². The highest BCUT2D eigenvalue weighted by atomic mass is 14.9. The minimum absolute atomic E-state index is 0.675. The van der Waals surface area contributed by atoms with Crippen molar-refractivity contribution in [1.82, 2.24) is 5.32 Å². The van der Waals surface area contributed by atoms with Crippen LogP contribution in [0.1, 0.15) is 38.2 Å². The van der Waals surface area contributed by atoms with Crippen LogP contribution in [-0.2, 0) is 0 Å². The highest BCUT2D eigenvalue weighted by molar-refractivity contribution is 5.48. The van der Waals surface area contributed by atoms with Crippen molar-refractivity contribution in [1.29, 1.82) is 0 Å². The maximum atomic E-state index is 3.54. The van der Waals surface area contributed by atoms with E-state index in [0.717, 1.165) is 5.92 Å². The van der Waals surface area contributed by atoms with Crippen LogP contribution in [-0.4, -0.2) is 6.04 Å². The molecule has 1 aliphatic rings. The first-order chi connectivity index (χ1) is 7.86. The van der Waals surface area contributed by atoms with Gasteiger partial charge in [-0.1, -0.05) is 50.1 Å². The molecule has 2 rings (SSSR count). The van der Waals surface area contributed by atoms with Crippen LogP contribution in [0.15, 0.2) is 36.5 Å². The summed E-state index contributed by atoms with van der Waals surface area (Å²) in [5, 5.41) is 3.54. The Balaban J connectivity index is 1.84. The molecular formula is C15H21N. The molecule has 0 saturated heterocycles. The van der Waals surface area contributed by atoms with Crippen LogP contribution in [0.2, 0.25) is 0 Å². The molecule has 0 bridgehead atoms. The van der Waals surface area contributed by atoms with Gasteiger partial charge in [0.15, 0.2) is 0 Å². The second-order valence-electron chi connectivity index (χ2n) is 4.78. The number of hydrogen-bond acceptors (Lipinski definition) is 1. The van der Waals surface area contributed by atoms with E-state index in [4.69, 9.17) is 0 Å². The van der Waals surface area contributed by atoms with E-state index in [1.54, 1.807) is 0 Å². The smallest absolute Gasteiger partial charge is 0.0281 e. The third-order valence-corrected chi connectivity index (χ3v) is 3.50. The monoisotopic (exact) mass is 215 g/mol. The van der Waals surface area contributed by atoms with Crippen LogP contribution in [0.5, 0.6) is 0 Å². The lowest BCUT2D eigenvalue weighted by molar-refractivity contribution is 0.302. The Labute approximate surface area is 98.6 Å². The number of rotatable bonds is 3. The van der Waals surface area contributed by atoms with Gasteiger partial charge in [-0.25, -0.2) is 0 Å². The van der Waals surface area contributed by atoms with E-state index in [-0.39, 0.29) is 0 Å². The second kappa shape index (κ2) is 5.74. The molecule has 1 aromatic carbocycles. The van der Waals surface area contributed by atoms with Gasteiger partial charge in [0.1, 0.15) is 0 Å².